The molecule has 2 rings (SSSR count). The molecule has 1 saturated carbocycles. The van der Waals surface area contributed by atoms with Crippen molar-refractivity contribution in [3.8, 4) is 0 Å². The highest BCUT2D eigenvalue weighted by atomic mass is 35.5. The third-order valence-electron chi connectivity index (χ3n) is 3.80. The minimum absolute atomic E-state index is 0.162. The first kappa shape index (κ1) is 13.6. The number of hydrogen-bond acceptors (Lipinski definition) is 3. The van der Waals surface area contributed by atoms with Crippen LogP contribution in [-0.2, 0) is 16.2 Å². The van der Waals surface area contributed by atoms with Crippen molar-refractivity contribution in [1.29, 1.82) is 0 Å². The number of nitrogens with zero attached hydrogens (tertiary/aromatic N) is 1. The Morgan fingerprint density at radius 1 is 1.67 bits per heavy atom. The fourth-order valence-electron chi connectivity index (χ4n) is 2.75. The molecule has 0 amide bonds. The molecular weight excluding hydrogens is 252 g/mol. The lowest BCUT2D eigenvalue weighted by atomic mass is 9.78. The molecule has 1 fully saturated rings. The van der Waals surface area contributed by atoms with Gasteiger partial charge in [0.15, 0.2) is 0 Å². The Balaban J connectivity index is 2.38. The standard InChI is InChI=1S/C13H19ClN2O2/c1-9-4-3-5-13(6-9,18-2)12-15-8-10(7-14)11(17)16-12/h8-9H,3-7H2,1-2H3,(H,15,16,17). The monoisotopic (exact) mass is 270 g/mol. The van der Waals surface area contributed by atoms with Crippen molar-refractivity contribution in [2.75, 3.05) is 7.11 Å². The number of halogens is 1. The Labute approximate surface area is 112 Å². The summed E-state index contributed by atoms with van der Waals surface area (Å²) in [7, 11) is 1.69. The minimum Gasteiger partial charge on any atom is -0.370 e. The van der Waals surface area contributed by atoms with E-state index in [2.05, 4.69) is 16.9 Å². The number of H-pyrrole nitrogens is 1. The summed E-state index contributed by atoms with van der Waals surface area (Å²) in [5.41, 5.74) is -0.109. The zero-order valence-corrected chi connectivity index (χ0v) is 11.6. The van der Waals surface area contributed by atoms with Crippen molar-refractivity contribution in [1.82, 2.24) is 9.97 Å². The largest absolute Gasteiger partial charge is 0.370 e. The molecular formula is C13H19ClN2O2. The zero-order valence-electron chi connectivity index (χ0n) is 10.8. The molecule has 0 aliphatic heterocycles. The van der Waals surface area contributed by atoms with Crippen molar-refractivity contribution < 1.29 is 4.74 Å². The predicted octanol–water partition coefficient (Wildman–Crippen LogP) is 2.56. The number of ether oxygens (including phenoxy) is 1. The molecule has 1 aliphatic rings. The first-order valence-electron chi connectivity index (χ1n) is 6.31. The molecule has 1 aromatic rings. The number of hydrogen-bond donors (Lipinski definition) is 1. The van der Waals surface area contributed by atoms with Gasteiger partial charge in [0.05, 0.1) is 11.4 Å². The highest BCUT2D eigenvalue weighted by Gasteiger charge is 2.38. The molecule has 0 spiro atoms. The second kappa shape index (κ2) is 5.41. The second-order valence-electron chi connectivity index (χ2n) is 5.12. The smallest absolute Gasteiger partial charge is 0.255 e. The van der Waals surface area contributed by atoms with Crippen molar-refractivity contribution >= 4 is 11.6 Å². The van der Waals surface area contributed by atoms with Gasteiger partial charge in [-0.2, -0.15) is 0 Å². The van der Waals surface area contributed by atoms with Crippen LogP contribution < -0.4 is 5.56 Å². The van der Waals surface area contributed by atoms with Gasteiger partial charge < -0.3 is 9.72 Å². The van der Waals surface area contributed by atoms with Crippen molar-refractivity contribution in [3.05, 3.63) is 27.9 Å². The van der Waals surface area contributed by atoms with E-state index in [1.165, 1.54) is 6.42 Å². The lowest BCUT2D eigenvalue weighted by Gasteiger charge is -2.37. The molecule has 1 aromatic heterocycles. The van der Waals surface area contributed by atoms with Gasteiger partial charge >= 0.3 is 0 Å². The molecule has 5 heteroatoms. The molecule has 0 radical (unpaired) electrons. The molecule has 1 aliphatic carbocycles. The van der Waals surface area contributed by atoms with Crippen LogP contribution in [0.15, 0.2) is 11.0 Å². The van der Waals surface area contributed by atoms with Gasteiger partial charge in [-0.1, -0.05) is 13.3 Å². The fourth-order valence-corrected chi connectivity index (χ4v) is 2.94. The van der Waals surface area contributed by atoms with E-state index in [4.69, 9.17) is 16.3 Å². The van der Waals surface area contributed by atoms with Crippen molar-refractivity contribution in [3.63, 3.8) is 0 Å². The van der Waals surface area contributed by atoms with Crippen LogP contribution in [0, 0.1) is 5.92 Å². The molecule has 0 aromatic carbocycles. The minimum atomic E-state index is -0.443. The van der Waals surface area contributed by atoms with Gasteiger partial charge in [0.2, 0.25) is 0 Å². The average molecular weight is 271 g/mol. The molecule has 18 heavy (non-hydrogen) atoms. The summed E-state index contributed by atoms with van der Waals surface area (Å²) < 4.78 is 5.70. The van der Waals surface area contributed by atoms with E-state index in [0.29, 0.717) is 17.3 Å². The number of alkyl halides is 1. The maximum absolute atomic E-state index is 11.8. The van der Waals surface area contributed by atoms with E-state index in [-0.39, 0.29) is 11.4 Å². The van der Waals surface area contributed by atoms with Crippen LogP contribution in [0.25, 0.3) is 0 Å². The van der Waals surface area contributed by atoms with E-state index in [0.717, 1.165) is 19.3 Å². The van der Waals surface area contributed by atoms with Crippen LogP contribution in [0.4, 0.5) is 0 Å². The second-order valence-corrected chi connectivity index (χ2v) is 5.39. The van der Waals surface area contributed by atoms with E-state index in [1.54, 1.807) is 13.3 Å². The summed E-state index contributed by atoms with van der Waals surface area (Å²) in [4.78, 5) is 19.0. The van der Waals surface area contributed by atoms with Crippen LogP contribution in [0.2, 0.25) is 0 Å². The van der Waals surface area contributed by atoms with Crippen LogP contribution in [0.3, 0.4) is 0 Å². The number of aromatic nitrogens is 2. The third kappa shape index (κ3) is 2.45. The average Bonchev–Trinajstić information content (AvgIpc) is 2.38. The Bertz CT molecular complexity index is 474. The van der Waals surface area contributed by atoms with Crippen LogP contribution >= 0.6 is 11.6 Å². The topological polar surface area (TPSA) is 55.0 Å². The normalized spacial score (nSPS) is 28.3. The number of nitrogens with one attached hydrogen (secondary N) is 1. The predicted molar refractivity (Wildman–Crippen MR) is 70.7 cm³/mol. The molecule has 4 nitrogen and oxygen atoms in total. The first-order chi connectivity index (χ1) is 8.61. The summed E-state index contributed by atoms with van der Waals surface area (Å²) in [6.07, 6.45) is 5.65. The zero-order chi connectivity index (χ0) is 13.2. The summed E-state index contributed by atoms with van der Waals surface area (Å²) in [5, 5.41) is 0. The lowest BCUT2D eigenvalue weighted by molar-refractivity contribution is -0.0648. The van der Waals surface area contributed by atoms with Gasteiger partial charge in [-0.3, -0.25) is 4.79 Å². The van der Waals surface area contributed by atoms with Crippen LogP contribution in [-0.4, -0.2) is 17.1 Å². The quantitative estimate of drug-likeness (QED) is 0.859. The van der Waals surface area contributed by atoms with E-state index < -0.39 is 5.60 Å². The fraction of sp³-hybridized carbons (Fsp3) is 0.692. The summed E-state index contributed by atoms with van der Waals surface area (Å²) in [5.74, 6) is 1.39. The Kier molecular flexibility index (Phi) is 4.07. The van der Waals surface area contributed by atoms with Gasteiger partial charge in [0, 0.05) is 13.3 Å². The summed E-state index contributed by atoms with van der Waals surface area (Å²) in [6, 6.07) is 0. The van der Waals surface area contributed by atoms with Crippen molar-refractivity contribution in [2.45, 2.75) is 44.1 Å². The highest BCUT2D eigenvalue weighted by molar-refractivity contribution is 6.17. The van der Waals surface area contributed by atoms with Crippen LogP contribution in [0.5, 0.6) is 0 Å². The van der Waals surface area contributed by atoms with Gasteiger partial charge in [-0.05, 0) is 25.2 Å². The molecule has 1 heterocycles. The van der Waals surface area contributed by atoms with Gasteiger partial charge in [-0.15, -0.1) is 11.6 Å². The number of aromatic amines is 1. The molecule has 100 valence electrons. The summed E-state index contributed by atoms with van der Waals surface area (Å²) in [6.45, 7) is 2.21. The number of methoxy groups -OCH3 is 1. The van der Waals surface area contributed by atoms with Gasteiger partial charge in [0.25, 0.3) is 5.56 Å². The van der Waals surface area contributed by atoms with Crippen LogP contribution in [0.1, 0.15) is 44.0 Å². The third-order valence-corrected chi connectivity index (χ3v) is 4.08. The maximum atomic E-state index is 11.8. The summed E-state index contributed by atoms with van der Waals surface area (Å²) >= 11 is 5.67. The lowest BCUT2D eigenvalue weighted by Crippen LogP contribution is -2.37. The Morgan fingerprint density at radius 3 is 3.00 bits per heavy atom. The molecule has 2 atom stereocenters. The molecule has 1 N–H and O–H groups in total. The molecule has 0 bridgehead atoms. The molecule has 2 unspecified atom stereocenters. The van der Waals surface area contributed by atoms with Gasteiger partial charge in [0.1, 0.15) is 11.4 Å². The van der Waals surface area contributed by atoms with E-state index >= 15 is 0 Å². The first-order valence-corrected chi connectivity index (χ1v) is 6.84. The Hall–Kier alpha value is -0.870. The SMILES string of the molecule is COC1(c2ncc(CCl)c(=O)[nH]2)CCCC(C)C1. The highest BCUT2D eigenvalue weighted by Crippen LogP contribution is 2.40. The van der Waals surface area contributed by atoms with E-state index in [1.807, 2.05) is 0 Å². The van der Waals surface area contributed by atoms with Crippen molar-refractivity contribution in [2.24, 2.45) is 5.92 Å². The number of rotatable bonds is 3. The Morgan fingerprint density at radius 2 is 2.44 bits per heavy atom. The van der Waals surface area contributed by atoms with E-state index in [9.17, 15) is 4.79 Å². The molecule has 0 saturated heterocycles. The maximum Gasteiger partial charge on any atom is 0.255 e. The van der Waals surface area contributed by atoms with Gasteiger partial charge in [-0.25, -0.2) is 4.98 Å².